The van der Waals surface area contributed by atoms with Crippen LogP contribution in [0.3, 0.4) is 0 Å². The second-order valence-corrected chi connectivity index (χ2v) is 10.3. The Morgan fingerprint density at radius 3 is 2.38 bits per heavy atom. The molecule has 0 aliphatic rings. The molecule has 0 aliphatic carbocycles. The lowest BCUT2D eigenvalue weighted by Crippen LogP contribution is -2.27. The molecule has 0 atom stereocenters. The summed E-state index contributed by atoms with van der Waals surface area (Å²) >= 11 is 0. The summed E-state index contributed by atoms with van der Waals surface area (Å²) in [5.41, 5.74) is 2.98. The maximum atomic E-state index is 12.5. The molecule has 2 N–H and O–H groups in total. The minimum absolute atomic E-state index is 0.157. The maximum absolute atomic E-state index is 12.5. The largest absolute Gasteiger partial charge is 0.484 e. The Bertz CT molecular complexity index is 1420. The summed E-state index contributed by atoms with van der Waals surface area (Å²) in [4.78, 5) is 12.6. The first-order valence-corrected chi connectivity index (χ1v) is 12.8. The number of amides is 1. The highest BCUT2D eigenvalue weighted by Crippen LogP contribution is 2.31. The van der Waals surface area contributed by atoms with Gasteiger partial charge in [-0.25, -0.2) is 13.1 Å². The topological polar surface area (TPSA) is 89.4 Å². The van der Waals surface area contributed by atoms with Crippen molar-refractivity contribution in [2.24, 2.45) is 5.92 Å². The number of carbonyl (C=O) groups excluding carboxylic acids is 1. The number of fused-ring (bicyclic) bond motifs is 3. The van der Waals surface area contributed by atoms with Gasteiger partial charge in [-0.1, -0.05) is 32.0 Å². The van der Waals surface area contributed by atoms with E-state index in [1.165, 1.54) is 12.1 Å². The lowest BCUT2D eigenvalue weighted by atomic mass is 10.1. The fourth-order valence-corrected chi connectivity index (χ4v) is 5.11. The molecule has 1 heterocycles. The van der Waals surface area contributed by atoms with E-state index in [9.17, 15) is 13.2 Å². The van der Waals surface area contributed by atoms with Gasteiger partial charge in [0.1, 0.15) is 5.75 Å². The zero-order chi connectivity index (χ0) is 24.3. The first-order valence-electron chi connectivity index (χ1n) is 11.3. The van der Waals surface area contributed by atoms with Crippen molar-refractivity contribution in [1.29, 1.82) is 0 Å². The molecular formula is C26H29N3O4S. The molecule has 4 rings (SSSR count). The molecule has 0 spiro atoms. The van der Waals surface area contributed by atoms with Crippen LogP contribution in [0.4, 0.5) is 5.69 Å². The van der Waals surface area contributed by atoms with E-state index >= 15 is 0 Å². The number of rotatable bonds is 9. The van der Waals surface area contributed by atoms with Crippen LogP contribution in [0, 0.1) is 5.92 Å². The fraction of sp³-hybridized carbons (Fsp3) is 0.269. The molecule has 34 heavy (non-hydrogen) atoms. The van der Waals surface area contributed by atoms with Crippen molar-refractivity contribution in [1.82, 2.24) is 9.29 Å². The van der Waals surface area contributed by atoms with E-state index in [0.717, 1.165) is 28.4 Å². The Morgan fingerprint density at radius 2 is 1.68 bits per heavy atom. The lowest BCUT2D eigenvalue weighted by Gasteiger charge is -2.10. The van der Waals surface area contributed by atoms with Gasteiger partial charge >= 0.3 is 0 Å². The zero-order valence-corrected chi connectivity index (χ0v) is 20.4. The summed E-state index contributed by atoms with van der Waals surface area (Å²) in [7, 11) is -3.56. The first kappa shape index (κ1) is 23.8. The average Bonchev–Trinajstić information content (AvgIpc) is 3.15. The van der Waals surface area contributed by atoms with Crippen LogP contribution >= 0.6 is 0 Å². The van der Waals surface area contributed by atoms with Gasteiger partial charge in [0.15, 0.2) is 6.61 Å². The molecule has 0 saturated carbocycles. The molecule has 7 nitrogen and oxygen atoms in total. The van der Waals surface area contributed by atoms with E-state index in [1.807, 2.05) is 44.2 Å². The van der Waals surface area contributed by atoms with Crippen LogP contribution in [0.2, 0.25) is 0 Å². The van der Waals surface area contributed by atoms with Crippen LogP contribution in [0.15, 0.2) is 71.6 Å². The minimum Gasteiger partial charge on any atom is -0.484 e. The van der Waals surface area contributed by atoms with Crippen molar-refractivity contribution in [3.63, 3.8) is 0 Å². The third kappa shape index (κ3) is 5.08. The van der Waals surface area contributed by atoms with Gasteiger partial charge in [-0.15, -0.1) is 0 Å². The Kier molecular flexibility index (Phi) is 6.90. The summed E-state index contributed by atoms with van der Waals surface area (Å²) in [5, 5.41) is 5.11. The van der Waals surface area contributed by atoms with E-state index in [1.54, 1.807) is 12.1 Å². The van der Waals surface area contributed by atoms with E-state index in [-0.39, 0.29) is 23.3 Å². The van der Waals surface area contributed by atoms with Crippen LogP contribution in [-0.4, -0.2) is 32.0 Å². The molecule has 0 fully saturated rings. The number of hydrogen-bond donors (Lipinski definition) is 2. The molecule has 0 radical (unpaired) electrons. The van der Waals surface area contributed by atoms with Crippen LogP contribution in [-0.2, 0) is 21.4 Å². The van der Waals surface area contributed by atoms with Gasteiger partial charge in [0, 0.05) is 40.6 Å². The van der Waals surface area contributed by atoms with Crippen LogP contribution < -0.4 is 14.8 Å². The van der Waals surface area contributed by atoms with Crippen LogP contribution in [0.25, 0.3) is 21.8 Å². The number of carbonyl (C=O) groups is 1. The average molecular weight is 480 g/mol. The molecule has 1 amide bonds. The Hall–Kier alpha value is -3.36. The molecule has 0 saturated heterocycles. The molecule has 0 bridgehead atoms. The molecule has 178 valence electrons. The Balaban J connectivity index is 1.41. The monoisotopic (exact) mass is 479 g/mol. The lowest BCUT2D eigenvalue weighted by molar-refractivity contribution is -0.118. The van der Waals surface area contributed by atoms with E-state index in [2.05, 4.69) is 33.7 Å². The number of benzene rings is 3. The van der Waals surface area contributed by atoms with Gasteiger partial charge in [-0.2, -0.15) is 0 Å². The number of hydrogen-bond acceptors (Lipinski definition) is 4. The van der Waals surface area contributed by atoms with Gasteiger partial charge in [-0.3, -0.25) is 4.79 Å². The summed E-state index contributed by atoms with van der Waals surface area (Å²) in [5.74, 6) is 0.329. The fourth-order valence-electron chi connectivity index (χ4n) is 3.89. The van der Waals surface area contributed by atoms with E-state index in [4.69, 9.17) is 4.74 Å². The Labute approximate surface area is 199 Å². The third-order valence-electron chi connectivity index (χ3n) is 5.56. The number of nitrogens with one attached hydrogen (secondary N) is 2. The SMILES string of the molecule is CCn1c2ccccc2c2cc(NC(=O)COc3ccc(S(=O)(=O)NCC(C)C)cc3)ccc21. The minimum atomic E-state index is -3.56. The van der Waals surface area contributed by atoms with Gasteiger partial charge in [0.2, 0.25) is 10.0 Å². The van der Waals surface area contributed by atoms with Gasteiger partial charge < -0.3 is 14.6 Å². The zero-order valence-electron chi connectivity index (χ0n) is 19.5. The summed E-state index contributed by atoms with van der Waals surface area (Å²) < 4.78 is 35.0. The summed E-state index contributed by atoms with van der Waals surface area (Å²) in [6.45, 7) is 7.02. The molecule has 0 aliphatic heterocycles. The van der Waals surface area contributed by atoms with Gasteiger partial charge in [0.05, 0.1) is 4.90 Å². The quantitative estimate of drug-likeness (QED) is 0.362. The number of sulfonamides is 1. The maximum Gasteiger partial charge on any atom is 0.262 e. The normalized spacial score (nSPS) is 11.9. The van der Waals surface area contributed by atoms with Crippen LogP contribution in [0.1, 0.15) is 20.8 Å². The second kappa shape index (κ2) is 9.87. The standard InChI is InChI=1S/C26H29N3O4S/c1-4-29-24-8-6-5-7-22(24)23-15-19(9-14-25(23)29)28-26(30)17-33-20-10-12-21(13-11-20)34(31,32)27-16-18(2)3/h5-15,18,27H,4,16-17H2,1-3H3,(H,28,30). The van der Waals surface area contributed by atoms with Crippen LogP contribution in [0.5, 0.6) is 5.75 Å². The first-order chi connectivity index (χ1) is 16.3. The molecule has 0 unspecified atom stereocenters. The predicted octanol–water partition coefficient (Wildman–Crippen LogP) is 4.77. The van der Waals surface area contributed by atoms with Gasteiger partial charge in [-0.05, 0) is 61.4 Å². The number of ether oxygens (including phenoxy) is 1. The van der Waals surface area contributed by atoms with E-state index in [0.29, 0.717) is 18.0 Å². The van der Waals surface area contributed by atoms with Gasteiger partial charge in [0.25, 0.3) is 5.91 Å². The highest BCUT2D eigenvalue weighted by atomic mass is 32.2. The van der Waals surface area contributed by atoms with Crippen molar-refractivity contribution in [2.45, 2.75) is 32.2 Å². The van der Waals surface area contributed by atoms with Crippen molar-refractivity contribution >= 4 is 43.4 Å². The summed E-state index contributed by atoms with van der Waals surface area (Å²) in [6, 6.07) is 20.1. The van der Waals surface area contributed by atoms with Crippen molar-refractivity contribution in [3.05, 3.63) is 66.7 Å². The molecule has 8 heteroatoms. The number of nitrogens with zero attached hydrogens (tertiary/aromatic N) is 1. The number of para-hydroxylation sites is 1. The number of aromatic nitrogens is 1. The van der Waals surface area contributed by atoms with Crippen molar-refractivity contribution in [3.8, 4) is 5.75 Å². The Morgan fingerprint density at radius 1 is 0.971 bits per heavy atom. The molecule has 4 aromatic rings. The molecule has 1 aromatic heterocycles. The smallest absolute Gasteiger partial charge is 0.262 e. The number of anilines is 1. The molecule has 3 aromatic carbocycles. The van der Waals surface area contributed by atoms with Crippen molar-refractivity contribution in [2.75, 3.05) is 18.5 Å². The predicted molar refractivity (Wildman–Crippen MR) is 136 cm³/mol. The molecular weight excluding hydrogens is 450 g/mol. The highest BCUT2D eigenvalue weighted by Gasteiger charge is 2.15. The van der Waals surface area contributed by atoms with E-state index < -0.39 is 10.0 Å². The second-order valence-electron chi connectivity index (χ2n) is 8.55. The van der Waals surface area contributed by atoms with Crippen molar-refractivity contribution < 1.29 is 17.9 Å². The third-order valence-corrected chi connectivity index (χ3v) is 7.00. The number of aryl methyl sites for hydroxylation is 1. The summed E-state index contributed by atoms with van der Waals surface area (Å²) in [6.07, 6.45) is 0. The highest BCUT2D eigenvalue weighted by molar-refractivity contribution is 7.89.